The normalized spacial score (nSPS) is 12.4. The van der Waals surface area contributed by atoms with E-state index >= 15 is 0 Å². The molecule has 0 aromatic heterocycles. The number of nitrogens with one attached hydrogen (secondary N) is 1. The molecule has 0 spiro atoms. The molecule has 0 radical (unpaired) electrons. The van der Waals surface area contributed by atoms with Gasteiger partial charge in [-0.05, 0) is 42.8 Å². The molecule has 0 saturated heterocycles. The van der Waals surface area contributed by atoms with E-state index < -0.39 is 0 Å². The first-order chi connectivity index (χ1) is 9.06. The lowest BCUT2D eigenvalue weighted by Crippen LogP contribution is -2.18. The smallest absolute Gasteiger partial charge is 0.120 e. The average molecular weight is 341 g/mol. The summed E-state index contributed by atoms with van der Waals surface area (Å²) in [5.74, 6) is 0.300. The molecule has 2 aromatic rings. The molecular weight excluding hydrogens is 326 g/mol. The van der Waals surface area contributed by atoms with Gasteiger partial charge in [-0.3, -0.25) is 0 Å². The van der Waals surface area contributed by atoms with Crippen LogP contribution in [0.5, 0.6) is 5.75 Å². The number of rotatable bonds is 4. The van der Waals surface area contributed by atoms with Gasteiger partial charge in [0.05, 0.1) is 0 Å². The van der Waals surface area contributed by atoms with Crippen LogP contribution in [0.2, 0.25) is 5.02 Å². The van der Waals surface area contributed by atoms with Crippen LogP contribution in [0.4, 0.5) is 0 Å². The Labute approximate surface area is 126 Å². The molecule has 2 aromatic carbocycles. The largest absolute Gasteiger partial charge is 0.508 e. The summed E-state index contributed by atoms with van der Waals surface area (Å²) < 4.78 is 0.956. The molecule has 4 heteroatoms. The predicted octanol–water partition coefficient (Wildman–Crippen LogP) is 4.66. The maximum Gasteiger partial charge on any atom is 0.120 e. The highest BCUT2D eigenvalue weighted by atomic mass is 79.9. The van der Waals surface area contributed by atoms with Gasteiger partial charge < -0.3 is 10.4 Å². The first-order valence-corrected chi connectivity index (χ1v) is 7.19. The van der Waals surface area contributed by atoms with Crippen LogP contribution in [0.3, 0.4) is 0 Å². The van der Waals surface area contributed by atoms with E-state index in [2.05, 4.69) is 28.2 Å². The van der Waals surface area contributed by atoms with E-state index in [1.165, 1.54) is 0 Å². The Morgan fingerprint density at radius 2 is 2.05 bits per heavy atom. The first kappa shape index (κ1) is 14.4. The lowest BCUT2D eigenvalue weighted by atomic mass is 10.1. The number of benzene rings is 2. The molecule has 2 rings (SSSR count). The van der Waals surface area contributed by atoms with Crippen LogP contribution in [0.25, 0.3) is 0 Å². The second-order valence-corrected chi connectivity index (χ2v) is 5.78. The minimum Gasteiger partial charge on any atom is -0.508 e. The molecule has 0 amide bonds. The number of phenolic OH excluding ortho intramolecular Hbond substituents is 1. The Morgan fingerprint density at radius 1 is 1.26 bits per heavy atom. The third-order valence-electron chi connectivity index (χ3n) is 2.99. The molecule has 0 fully saturated rings. The van der Waals surface area contributed by atoms with Crippen molar-refractivity contribution in [2.24, 2.45) is 0 Å². The Kier molecular flexibility index (Phi) is 4.86. The Balaban J connectivity index is 2.04. The third kappa shape index (κ3) is 3.96. The number of hydrogen-bond donors (Lipinski definition) is 2. The highest BCUT2D eigenvalue weighted by Gasteiger charge is 2.07. The van der Waals surface area contributed by atoms with Gasteiger partial charge in [0, 0.05) is 27.6 Å². The summed E-state index contributed by atoms with van der Waals surface area (Å²) in [4.78, 5) is 0. The van der Waals surface area contributed by atoms with Crippen molar-refractivity contribution in [1.29, 1.82) is 0 Å². The first-order valence-electron chi connectivity index (χ1n) is 6.02. The average Bonchev–Trinajstić information content (AvgIpc) is 2.39. The van der Waals surface area contributed by atoms with E-state index in [1.807, 2.05) is 36.4 Å². The molecule has 2 N–H and O–H groups in total. The molecule has 0 heterocycles. The van der Waals surface area contributed by atoms with E-state index in [1.54, 1.807) is 6.07 Å². The van der Waals surface area contributed by atoms with Crippen molar-refractivity contribution in [3.8, 4) is 5.75 Å². The van der Waals surface area contributed by atoms with Gasteiger partial charge in [-0.2, -0.15) is 0 Å². The minimum absolute atomic E-state index is 0.164. The summed E-state index contributed by atoms with van der Waals surface area (Å²) in [6, 6.07) is 13.4. The van der Waals surface area contributed by atoms with E-state index in [0.717, 1.165) is 20.6 Å². The molecule has 0 aliphatic heterocycles. The molecule has 0 aliphatic carbocycles. The fourth-order valence-electron chi connectivity index (χ4n) is 1.85. The van der Waals surface area contributed by atoms with Gasteiger partial charge in [-0.25, -0.2) is 0 Å². The number of phenols is 1. The molecule has 1 atom stereocenters. The van der Waals surface area contributed by atoms with Gasteiger partial charge in [-0.15, -0.1) is 0 Å². The molecule has 100 valence electrons. The number of aromatic hydroxyl groups is 1. The molecule has 19 heavy (non-hydrogen) atoms. The second-order valence-electron chi connectivity index (χ2n) is 4.43. The summed E-state index contributed by atoms with van der Waals surface area (Å²) in [5.41, 5.74) is 1.99. The third-order valence-corrected chi connectivity index (χ3v) is 3.72. The standard InChI is InChI=1S/C15H15BrClNO/c1-10(11-3-2-4-14(17)8-11)18-9-12-7-13(16)5-6-15(12)19/h2-8,10,18-19H,9H2,1H3/t10-/m0/s1. The lowest BCUT2D eigenvalue weighted by molar-refractivity contribution is 0.460. The van der Waals surface area contributed by atoms with Crippen molar-refractivity contribution in [3.63, 3.8) is 0 Å². The van der Waals surface area contributed by atoms with Crippen LogP contribution in [0.15, 0.2) is 46.9 Å². The summed E-state index contributed by atoms with van der Waals surface area (Å²) in [7, 11) is 0. The fourth-order valence-corrected chi connectivity index (χ4v) is 2.46. The van der Waals surface area contributed by atoms with E-state index in [4.69, 9.17) is 11.6 Å². The van der Waals surface area contributed by atoms with Crippen molar-refractivity contribution in [3.05, 3.63) is 63.1 Å². The van der Waals surface area contributed by atoms with Crippen molar-refractivity contribution in [2.45, 2.75) is 19.5 Å². The van der Waals surface area contributed by atoms with Crippen molar-refractivity contribution in [1.82, 2.24) is 5.32 Å². The second kappa shape index (κ2) is 6.42. The lowest BCUT2D eigenvalue weighted by Gasteiger charge is -2.15. The minimum atomic E-state index is 0.164. The molecule has 0 saturated carbocycles. The van der Waals surface area contributed by atoms with Crippen LogP contribution in [0, 0.1) is 0 Å². The Morgan fingerprint density at radius 3 is 2.79 bits per heavy atom. The molecule has 2 nitrogen and oxygen atoms in total. The van der Waals surface area contributed by atoms with E-state index in [-0.39, 0.29) is 6.04 Å². The number of hydrogen-bond acceptors (Lipinski definition) is 2. The van der Waals surface area contributed by atoms with Crippen LogP contribution >= 0.6 is 27.5 Å². The maximum absolute atomic E-state index is 9.78. The van der Waals surface area contributed by atoms with Crippen LogP contribution in [0.1, 0.15) is 24.1 Å². The van der Waals surface area contributed by atoms with Crippen molar-refractivity contribution < 1.29 is 5.11 Å². The maximum atomic E-state index is 9.78. The zero-order valence-corrected chi connectivity index (χ0v) is 12.9. The van der Waals surface area contributed by atoms with Gasteiger partial charge in [-0.1, -0.05) is 39.7 Å². The molecule has 0 unspecified atom stereocenters. The predicted molar refractivity (Wildman–Crippen MR) is 82.5 cm³/mol. The Bertz CT molecular complexity index is 574. The van der Waals surface area contributed by atoms with Crippen LogP contribution in [-0.4, -0.2) is 5.11 Å². The van der Waals surface area contributed by atoms with Gasteiger partial charge in [0.25, 0.3) is 0 Å². The highest BCUT2D eigenvalue weighted by molar-refractivity contribution is 9.10. The SMILES string of the molecule is C[C@H](NCc1cc(Br)ccc1O)c1cccc(Cl)c1. The zero-order chi connectivity index (χ0) is 13.8. The molecular formula is C15H15BrClNO. The molecule has 0 bridgehead atoms. The van der Waals surface area contributed by atoms with Gasteiger partial charge in [0.2, 0.25) is 0 Å². The van der Waals surface area contributed by atoms with Gasteiger partial charge in [0.15, 0.2) is 0 Å². The van der Waals surface area contributed by atoms with Crippen molar-refractivity contribution in [2.75, 3.05) is 0 Å². The fraction of sp³-hybridized carbons (Fsp3) is 0.200. The van der Waals surface area contributed by atoms with E-state index in [0.29, 0.717) is 12.3 Å². The van der Waals surface area contributed by atoms with Crippen LogP contribution in [-0.2, 0) is 6.54 Å². The van der Waals surface area contributed by atoms with Gasteiger partial charge in [0.1, 0.15) is 5.75 Å². The summed E-state index contributed by atoms with van der Waals surface area (Å²) >= 11 is 9.38. The highest BCUT2D eigenvalue weighted by Crippen LogP contribution is 2.23. The van der Waals surface area contributed by atoms with Gasteiger partial charge >= 0.3 is 0 Å². The summed E-state index contributed by atoms with van der Waals surface area (Å²) in [6.07, 6.45) is 0. The Hall–Kier alpha value is -1.03. The summed E-state index contributed by atoms with van der Waals surface area (Å²) in [5, 5.41) is 13.9. The zero-order valence-electron chi connectivity index (χ0n) is 10.5. The molecule has 0 aliphatic rings. The summed E-state index contributed by atoms with van der Waals surface area (Å²) in [6.45, 7) is 2.67. The number of halogens is 2. The quantitative estimate of drug-likeness (QED) is 0.848. The van der Waals surface area contributed by atoms with Crippen LogP contribution < -0.4 is 5.32 Å². The van der Waals surface area contributed by atoms with Crippen molar-refractivity contribution >= 4 is 27.5 Å². The monoisotopic (exact) mass is 339 g/mol. The topological polar surface area (TPSA) is 32.3 Å². The van der Waals surface area contributed by atoms with E-state index in [9.17, 15) is 5.11 Å².